The smallest absolute Gasteiger partial charge is 0.475 e. The van der Waals surface area contributed by atoms with Crippen molar-refractivity contribution in [3.8, 4) is 6.01 Å². The lowest BCUT2D eigenvalue weighted by atomic mass is 9.92. The summed E-state index contributed by atoms with van der Waals surface area (Å²) in [6.45, 7) is 1.64. The summed E-state index contributed by atoms with van der Waals surface area (Å²) >= 11 is 0. The van der Waals surface area contributed by atoms with Crippen LogP contribution in [0.15, 0.2) is 12.4 Å². The number of carboxylic acids is 1. The Bertz CT molecular complexity index is 572. The Labute approximate surface area is 127 Å². The second kappa shape index (κ2) is 5.93. The highest BCUT2D eigenvalue weighted by Crippen LogP contribution is 2.35. The number of alkyl halides is 3. The standard InChI is InChI=1S/C9H12N4O3.C2HF3O2/c14-13(15)12-4-1-9(2-5-12)7-11-6-3-10-8(11)16-9;3-2(4,5)1(6)7/h3,6H,1-2,4-5,7H2;(H,6,7). The Morgan fingerprint density at radius 2 is 2.00 bits per heavy atom. The number of rotatable bonds is 1. The van der Waals surface area contributed by atoms with Gasteiger partial charge >= 0.3 is 12.1 Å². The van der Waals surface area contributed by atoms with Gasteiger partial charge in [-0.05, 0) is 0 Å². The molecule has 12 heteroatoms. The fourth-order valence-corrected chi connectivity index (χ4v) is 2.38. The molecular weight excluding hydrogens is 325 g/mol. The maximum Gasteiger partial charge on any atom is 0.490 e. The van der Waals surface area contributed by atoms with E-state index in [2.05, 4.69) is 4.98 Å². The number of halogens is 3. The van der Waals surface area contributed by atoms with E-state index in [9.17, 15) is 23.3 Å². The highest BCUT2D eigenvalue weighted by atomic mass is 19.4. The molecule has 2 aliphatic rings. The van der Waals surface area contributed by atoms with Gasteiger partial charge in [-0.1, -0.05) is 0 Å². The first-order chi connectivity index (χ1) is 10.6. The Balaban J connectivity index is 0.000000236. The lowest BCUT2D eigenvalue weighted by molar-refractivity contribution is -0.658. The van der Waals surface area contributed by atoms with Gasteiger partial charge in [0, 0.05) is 25.2 Å². The average Bonchev–Trinajstić information content (AvgIpc) is 2.97. The molecule has 9 nitrogen and oxygen atoms in total. The number of aromatic nitrogens is 2. The van der Waals surface area contributed by atoms with E-state index in [1.54, 1.807) is 6.20 Å². The molecule has 1 saturated heterocycles. The number of imidazole rings is 1. The van der Waals surface area contributed by atoms with E-state index in [-0.39, 0.29) is 10.6 Å². The van der Waals surface area contributed by atoms with Gasteiger partial charge in [-0.2, -0.15) is 13.2 Å². The van der Waals surface area contributed by atoms with E-state index in [0.29, 0.717) is 31.9 Å². The fourth-order valence-electron chi connectivity index (χ4n) is 2.38. The van der Waals surface area contributed by atoms with Gasteiger partial charge < -0.3 is 9.84 Å². The summed E-state index contributed by atoms with van der Waals surface area (Å²) in [6, 6.07) is 0.634. The molecule has 1 aromatic rings. The Hall–Kier alpha value is -2.53. The Kier molecular flexibility index (Phi) is 4.34. The molecule has 3 rings (SSSR count). The summed E-state index contributed by atoms with van der Waals surface area (Å²) in [4.78, 5) is 23.6. The fraction of sp³-hybridized carbons (Fsp3) is 0.636. The number of piperidine rings is 1. The molecule has 1 spiro atoms. The maximum atomic E-state index is 10.6. The minimum Gasteiger partial charge on any atom is -0.475 e. The van der Waals surface area contributed by atoms with Crippen molar-refractivity contribution in [1.29, 1.82) is 0 Å². The third-order valence-corrected chi connectivity index (χ3v) is 3.57. The molecule has 1 aromatic heterocycles. The van der Waals surface area contributed by atoms with Gasteiger partial charge in [0.1, 0.15) is 5.60 Å². The number of nitrogens with zero attached hydrogens (tertiary/aromatic N) is 4. The van der Waals surface area contributed by atoms with E-state index in [1.807, 2.05) is 10.8 Å². The molecule has 0 unspecified atom stereocenters. The molecule has 0 amide bonds. The number of fused-ring (bicyclic) bond motifs is 1. The minimum atomic E-state index is -5.08. The molecular formula is C11H13F3N4O5. The summed E-state index contributed by atoms with van der Waals surface area (Å²) in [7, 11) is 0. The molecule has 128 valence electrons. The molecule has 0 radical (unpaired) electrons. The molecule has 0 bridgehead atoms. The Morgan fingerprint density at radius 3 is 2.43 bits per heavy atom. The SMILES string of the molecule is O=C(O)C(F)(F)F.O=[N+]([O-])N1CCC2(CC1)Cn1ccnc1O2. The van der Waals surface area contributed by atoms with E-state index in [0.717, 1.165) is 6.54 Å². The van der Waals surface area contributed by atoms with Crippen LogP contribution in [0.3, 0.4) is 0 Å². The zero-order chi connectivity index (χ0) is 17.3. The van der Waals surface area contributed by atoms with E-state index in [1.165, 1.54) is 5.01 Å². The first-order valence-electron chi connectivity index (χ1n) is 6.52. The van der Waals surface area contributed by atoms with Crippen molar-refractivity contribution < 1.29 is 32.8 Å². The number of hydrogen-bond acceptors (Lipinski definition) is 5. The zero-order valence-corrected chi connectivity index (χ0v) is 11.7. The van der Waals surface area contributed by atoms with Crippen molar-refractivity contribution in [2.45, 2.75) is 31.2 Å². The largest absolute Gasteiger partial charge is 0.490 e. The lowest BCUT2D eigenvalue weighted by Crippen LogP contribution is -2.49. The topological polar surface area (TPSA) is 111 Å². The van der Waals surface area contributed by atoms with Gasteiger partial charge in [-0.15, -0.1) is 5.01 Å². The molecule has 0 saturated carbocycles. The number of nitro groups is 1. The van der Waals surface area contributed by atoms with Gasteiger partial charge in [0.15, 0.2) is 5.03 Å². The van der Waals surface area contributed by atoms with Crippen LogP contribution in [0, 0.1) is 10.1 Å². The summed E-state index contributed by atoms with van der Waals surface area (Å²) < 4.78 is 39.5. The van der Waals surface area contributed by atoms with Crippen LogP contribution in [0.2, 0.25) is 0 Å². The van der Waals surface area contributed by atoms with Crippen molar-refractivity contribution in [2.24, 2.45) is 0 Å². The Morgan fingerprint density at radius 1 is 1.43 bits per heavy atom. The minimum absolute atomic E-state index is 0.268. The quantitative estimate of drug-likeness (QED) is 0.599. The summed E-state index contributed by atoms with van der Waals surface area (Å²) in [5.74, 6) is -2.76. The summed E-state index contributed by atoms with van der Waals surface area (Å²) in [5, 5.41) is 18.6. The van der Waals surface area contributed by atoms with Crippen LogP contribution >= 0.6 is 0 Å². The number of hydrazine groups is 1. The van der Waals surface area contributed by atoms with Crippen molar-refractivity contribution in [2.75, 3.05) is 13.1 Å². The van der Waals surface area contributed by atoms with E-state index >= 15 is 0 Å². The normalized spacial score (nSPS) is 18.7. The highest BCUT2D eigenvalue weighted by Gasteiger charge is 2.44. The summed E-state index contributed by atoms with van der Waals surface area (Å²) in [5.41, 5.74) is -0.268. The maximum absolute atomic E-state index is 10.6. The molecule has 0 atom stereocenters. The van der Waals surface area contributed by atoms with Crippen LogP contribution < -0.4 is 4.74 Å². The number of carboxylic acid groups (broad SMARTS) is 1. The monoisotopic (exact) mass is 338 g/mol. The second-order valence-corrected chi connectivity index (χ2v) is 5.12. The van der Waals surface area contributed by atoms with Crippen molar-refractivity contribution in [1.82, 2.24) is 14.6 Å². The average molecular weight is 338 g/mol. The molecule has 0 aromatic carbocycles. The number of carbonyl (C=O) groups is 1. The molecule has 1 N–H and O–H groups in total. The molecule has 2 aliphatic heterocycles. The number of aliphatic carboxylic acids is 1. The van der Waals surface area contributed by atoms with E-state index in [4.69, 9.17) is 14.6 Å². The highest BCUT2D eigenvalue weighted by molar-refractivity contribution is 5.73. The predicted molar refractivity (Wildman–Crippen MR) is 67.1 cm³/mol. The van der Waals surface area contributed by atoms with Crippen LogP contribution in [0.5, 0.6) is 6.01 Å². The van der Waals surface area contributed by atoms with Crippen LogP contribution in [-0.4, -0.2) is 55.5 Å². The van der Waals surface area contributed by atoms with Crippen LogP contribution in [0.4, 0.5) is 13.2 Å². The predicted octanol–water partition coefficient (Wildman–Crippen LogP) is 0.935. The second-order valence-electron chi connectivity index (χ2n) is 5.12. The zero-order valence-electron chi connectivity index (χ0n) is 11.7. The van der Waals surface area contributed by atoms with Gasteiger partial charge in [-0.25, -0.2) is 19.9 Å². The lowest BCUT2D eigenvalue weighted by Gasteiger charge is -2.33. The molecule has 3 heterocycles. The van der Waals surface area contributed by atoms with Crippen LogP contribution in [0.1, 0.15) is 12.8 Å². The van der Waals surface area contributed by atoms with Crippen LogP contribution in [-0.2, 0) is 11.3 Å². The third kappa shape index (κ3) is 3.81. The molecule has 0 aliphatic carbocycles. The van der Waals surface area contributed by atoms with Crippen molar-refractivity contribution in [3.63, 3.8) is 0 Å². The van der Waals surface area contributed by atoms with E-state index < -0.39 is 12.1 Å². The first-order valence-corrected chi connectivity index (χ1v) is 6.52. The summed E-state index contributed by atoms with van der Waals surface area (Å²) in [6.07, 6.45) is -0.146. The van der Waals surface area contributed by atoms with Gasteiger partial charge in [0.05, 0.1) is 19.6 Å². The van der Waals surface area contributed by atoms with Crippen molar-refractivity contribution in [3.05, 3.63) is 22.5 Å². The first kappa shape index (κ1) is 16.8. The number of ether oxygens (including phenoxy) is 1. The molecule has 1 fully saturated rings. The number of hydrogen-bond donors (Lipinski definition) is 1. The third-order valence-electron chi connectivity index (χ3n) is 3.57. The van der Waals surface area contributed by atoms with Gasteiger partial charge in [-0.3, -0.25) is 4.57 Å². The van der Waals surface area contributed by atoms with Gasteiger partial charge in [0.2, 0.25) is 0 Å². The van der Waals surface area contributed by atoms with Crippen LogP contribution in [0.25, 0.3) is 0 Å². The van der Waals surface area contributed by atoms with Crippen molar-refractivity contribution >= 4 is 5.97 Å². The van der Waals surface area contributed by atoms with Gasteiger partial charge in [0.25, 0.3) is 6.01 Å². The molecule has 23 heavy (non-hydrogen) atoms.